The summed E-state index contributed by atoms with van der Waals surface area (Å²) in [6.45, 7) is 6.48. The summed E-state index contributed by atoms with van der Waals surface area (Å²) in [5, 5.41) is 9.41. The van der Waals surface area contributed by atoms with E-state index in [1.807, 2.05) is 25.7 Å². The molecule has 1 aromatic rings. The molecule has 2 unspecified atom stereocenters. The van der Waals surface area contributed by atoms with E-state index >= 15 is 0 Å². The molecule has 18 heavy (non-hydrogen) atoms. The lowest BCUT2D eigenvalue weighted by atomic mass is 9.90. The van der Waals surface area contributed by atoms with Crippen LogP contribution in [0.5, 0.6) is 0 Å². The van der Waals surface area contributed by atoms with Crippen LogP contribution in [0, 0.1) is 19.8 Å². The molecule has 2 rings (SSSR count). The van der Waals surface area contributed by atoms with Crippen LogP contribution in [0.25, 0.3) is 0 Å². The van der Waals surface area contributed by atoms with E-state index in [2.05, 4.69) is 9.97 Å². The van der Waals surface area contributed by atoms with Gasteiger partial charge in [-0.2, -0.15) is 0 Å². The molecule has 0 saturated carbocycles. The number of nitrogens with zero attached hydrogens (tertiary/aromatic N) is 3. The lowest BCUT2D eigenvalue weighted by molar-refractivity contribution is -0.140. The second-order valence-electron chi connectivity index (χ2n) is 5.02. The van der Waals surface area contributed by atoms with Gasteiger partial charge >= 0.3 is 5.97 Å². The number of piperidine rings is 1. The minimum absolute atomic E-state index is 0.137. The zero-order valence-electron chi connectivity index (χ0n) is 11.1. The average Bonchev–Trinajstić information content (AvgIpc) is 2.31. The van der Waals surface area contributed by atoms with Gasteiger partial charge in [0.25, 0.3) is 0 Å². The van der Waals surface area contributed by atoms with Crippen molar-refractivity contribution in [1.29, 1.82) is 0 Å². The van der Waals surface area contributed by atoms with Crippen LogP contribution in [0.2, 0.25) is 0 Å². The Morgan fingerprint density at radius 2 is 2.22 bits per heavy atom. The Balaban J connectivity index is 2.40. The summed E-state index contributed by atoms with van der Waals surface area (Å²) >= 11 is 0. The molecule has 0 amide bonds. The fraction of sp³-hybridized carbons (Fsp3) is 0.615. The van der Waals surface area contributed by atoms with Crippen molar-refractivity contribution in [1.82, 2.24) is 9.97 Å². The highest BCUT2D eigenvalue weighted by molar-refractivity contribution is 5.78. The average molecular weight is 249 g/mol. The largest absolute Gasteiger partial charge is 0.480 e. The van der Waals surface area contributed by atoms with Gasteiger partial charge < -0.3 is 10.0 Å². The molecular weight excluding hydrogens is 230 g/mol. The topological polar surface area (TPSA) is 66.3 Å². The third-order valence-corrected chi connectivity index (χ3v) is 3.51. The normalized spacial score (nSPS) is 24.1. The van der Waals surface area contributed by atoms with Gasteiger partial charge in [0, 0.05) is 12.7 Å². The molecule has 1 N–H and O–H groups in total. The van der Waals surface area contributed by atoms with E-state index in [9.17, 15) is 9.90 Å². The van der Waals surface area contributed by atoms with Crippen LogP contribution in [-0.2, 0) is 4.79 Å². The standard InChI is InChI=1S/C13H19N3O2/c1-8-5-4-6-16(11(8)13(17)18)12-10(3)14-7-9(2)15-12/h7-8,11H,4-6H2,1-3H3,(H,17,18). The van der Waals surface area contributed by atoms with Gasteiger partial charge in [0.05, 0.1) is 11.4 Å². The van der Waals surface area contributed by atoms with Crippen LogP contribution in [0.15, 0.2) is 6.20 Å². The molecule has 1 aliphatic heterocycles. The summed E-state index contributed by atoms with van der Waals surface area (Å²) in [5.74, 6) is 0.0804. The lowest BCUT2D eigenvalue weighted by Gasteiger charge is -2.38. The molecule has 2 heterocycles. The van der Waals surface area contributed by atoms with Gasteiger partial charge in [0.1, 0.15) is 6.04 Å². The summed E-state index contributed by atoms with van der Waals surface area (Å²) < 4.78 is 0. The predicted octanol–water partition coefficient (Wildman–Crippen LogP) is 1.78. The highest BCUT2D eigenvalue weighted by atomic mass is 16.4. The maximum Gasteiger partial charge on any atom is 0.326 e. The molecule has 0 bridgehead atoms. The fourth-order valence-electron chi connectivity index (χ4n) is 2.60. The number of aromatic nitrogens is 2. The van der Waals surface area contributed by atoms with Gasteiger partial charge in [-0.05, 0) is 32.6 Å². The molecule has 0 aliphatic carbocycles. The minimum Gasteiger partial charge on any atom is -0.480 e. The monoisotopic (exact) mass is 249 g/mol. The first-order valence-electron chi connectivity index (χ1n) is 6.30. The smallest absolute Gasteiger partial charge is 0.326 e. The van der Waals surface area contributed by atoms with Crippen molar-refractivity contribution in [2.75, 3.05) is 11.4 Å². The first-order valence-corrected chi connectivity index (χ1v) is 6.30. The summed E-state index contributed by atoms with van der Waals surface area (Å²) in [6.07, 6.45) is 3.66. The molecule has 1 fully saturated rings. The van der Waals surface area contributed by atoms with Crippen molar-refractivity contribution >= 4 is 11.8 Å². The molecule has 0 radical (unpaired) electrons. The summed E-state index contributed by atoms with van der Waals surface area (Å²) in [4.78, 5) is 22.1. The second-order valence-corrected chi connectivity index (χ2v) is 5.02. The highest BCUT2D eigenvalue weighted by Gasteiger charge is 2.35. The van der Waals surface area contributed by atoms with Crippen LogP contribution in [0.3, 0.4) is 0 Å². The minimum atomic E-state index is -0.773. The number of rotatable bonds is 2. The molecule has 0 spiro atoms. The number of anilines is 1. The summed E-state index contributed by atoms with van der Waals surface area (Å²) in [6, 6.07) is -0.492. The van der Waals surface area contributed by atoms with E-state index in [1.54, 1.807) is 6.20 Å². The van der Waals surface area contributed by atoms with E-state index in [1.165, 1.54) is 0 Å². The number of carboxylic acids is 1. The SMILES string of the molecule is Cc1cnc(C)c(N2CCCC(C)C2C(=O)O)n1. The van der Waals surface area contributed by atoms with Crippen molar-refractivity contribution in [2.24, 2.45) is 5.92 Å². The number of hydrogen-bond donors (Lipinski definition) is 1. The van der Waals surface area contributed by atoms with Crippen LogP contribution in [0.1, 0.15) is 31.2 Å². The molecule has 5 heteroatoms. The third-order valence-electron chi connectivity index (χ3n) is 3.51. The highest BCUT2D eigenvalue weighted by Crippen LogP contribution is 2.29. The van der Waals surface area contributed by atoms with Gasteiger partial charge in [-0.15, -0.1) is 0 Å². The van der Waals surface area contributed by atoms with E-state index in [0.717, 1.165) is 30.8 Å². The Bertz CT molecular complexity index is 462. The zero-order valence-corrected chi connectivity index (χ0v) is 11.1. The molecule has 0 aromatic carbocycles. The first-order chi connectivity index (χ1) is 8.50. The molecule has 98 valence electrons. The van der Waals surface area contributed by atoms with Crippen molar-refractivity contribution in [3.8, 4) is 0 Å². The Kier molecular flexibility index (Phi) is 3.50. The molecule has 1 aromatic heterocycles. The number of carboxylic acid groups (broad SMARTS) is 1. The Morgan fingerprint density at radius 1 is 1.50 bits per heavy atom. The van der Waals surface area contributed by atoms with Gasteiger partial charge in [0.15, 0.2) is 5.82 Å². The molecule has 2 atom stereocenters. The van der Waals surface area contributed by atoms with Crippen LogP contribution in [0.4, 0.5) is 5.82 Å². The number of aliphatic carboxylic acids is 1. The van der Waals surface area contributed by atoms with Gasteiger partial charge in [-0.1, -0.05) is 6.92 Å². The molecular formula is C13H19N3O2. The van der Waals surface area contributed by atoms with Crippen molar-refractivity contribution in [2.45, 2.75) is 39.7 Å². The van der Waals surface area contributed by atoms with Gasteiger partial charge in [-0.3, -0.25) is 4.98 Å². The van der Waals surface area contributed by atoms with Crippen molar-refractivity contribution in [3.63, 3.8) is 0 Å². The summed E-state index contributed by atoms with van der Waals surface area (Å²) in [5.41, 5.74) is 1.61. The van der Waals surface area contributed by atoms with E-state index < -0.39 is 12.0 Å². The van der Waals surface area contributed by atoms with E-state index in [-0.39, 0.29) is 5.92 Å². The summed E-state index contributed by atoms with van der Waals surface area (Å²) in [7, 11) is 0. The molecule has 5 nitrogen and oxygen atoms in total. The van der Waals surface area contributed by atoms with E-state index in [0.29, 0.717) is 5.82 Å². The van der Waals surface area contributed by atoms with Crippen LogP contribution in [-0.4, -0.2) is 33.6 Å². The maximum atomic E-state index is 11.5. The Morgan fingerprint density at radius 3 is 2.89 bits per heavy atom. The van der Waals surface area contributed by atoms with Crippen LogP contribution < -0.4 is 4.90 Å². The van der Waals surface area contributed by atoms with Crippen molar-refractivity contribution < 1.29 is 9.90 Å². The third kappa shape index (κ3) is 2.30. The van der Waals surface area contributed by atoms with Gasteiger partial charge in [-0.25, -0.2) is 9.78 Å². The van der Waals surface area contributed by atoms with E-state index in [4.69, 9.17) is 0 Å². The quantitative estimate of drug-likeness (QED) is 0.865. The van der Waals surface area contributed by atoms with Gasteiger partial charge in [0.2, 0.25) is 0 Å². The number of hydrogen-bond acceptors (Lipinski definition) is 4. The Labute approximate surface area is 107 Å². The molecule has 1 saturated heterocycles. The lowest BCUT2D eigenvalue weighted by Crippen LogP contribution is -2.50. The second kappa shape index (κ2) is 4.92. The first kappa shape index (κ1) is 12.8. The molecule has 1 aliphatic rings. The maximum absolute atomic E-state index is 11.5. The Hall–Kier alpha value is -1.65. The number of carbonyl (C=O) groups is 1. The number of aryl methyl sites for hydroxylation is 2. The predicted molar refractivity (Wildman–Crippen MR) is 68.7 cm³/mol. The zero-order chi connectivity index (χ0) is 13.3. The fourth-order valence-corrected chi connectivity index (χ4v) is 2.60. The van der Waals surface area contributed by atoms with Crippen LogP contribution >= 0.6 is 0 Å². The van der Waals surface area contributed by atoms with Crippen molar-refractivity contribution in [3.05, 3.63) is 17.6 Å².